The topological polar surface area (TPSA) is 104 Å². The van der Waals surface area contributed by atoms with Crippen LogP contribution in [0.15, 0.2) is 53.4 Å². The number of amides is 1. The van der Waals surface area contributed by atoms with Gasteiger partial charge in [-0.3, -0.25) is 14.3 Å². The number of nitrogens with zero attached hydrogens (tertiary/aromatic N) is 1. The zero-order chi connectivity index (χ0) is 18.9. The number of hydrogen-bond donors (Lipinski definition) is 2. The van der Waals surface area contributed by atoms with E-state index in [4.69, 9.17) is 5.11 Å². The van der Waals surface area contributed by atoms with Crippen LogP contribution in [-0.4, -0.2) is 31.9 Å². The van der Waals surface area contributed by atoms with Gasteiger partial charge in [-0.25, -0.2) is 12.8 Å². The largest absolute Gasteiger partial charge is 0.481 e. The molecule has 1 heterocycles. The van der Waals surface area contributed by atoms with Crippen LogP contribution in [0.25, 0.3) is 0 Å². The predicted molar refractivity (Wildman–Crippen MR) is 91.7 cm³/mol. The second-order valence-corrected chi connectivity index (χ2v) is 7.54. The zero-order valence-corrected chi connectivity index (χ0v) is 14.2. The van der Waals surface area contributed by atoms with Gasteiger partial charge in [-0.2, -0.15) is 0 Å². The molecule has 0 aromatic heterocycles. The van der Waals surface area contributed by atoms with Gasteiger partial charge in [0.25, 0.3) is 10.0 Å². The number of carboxylic acid groups (broad SMARTS) is 1. The second kappa shape index (κ2) is 6.75. The highest BCUT2D eigenvalue weighted by Gasteiger charge is 2.35. The number of nitrogens with one attached hydrogen (secondary N) is 1. The molecule has 136 valence electrons. The van der Waals surface area contributed by atoms with Crippen molar-refractivity contribution in [3.63, 3.8) is 0 Å². The molecule has 0 radical (unpaired) electrons. The Morgan fingerprint density at radius 1 is 1.19 bits per heavy atom. The number of carbonyl (C=O) groups is 2. The van der Waals surface area contributed by atoms with Crippen molar-refractivity contribution >= 4 is 33.3 Å². The fourth-order valence-corrected chi connectivity index (χ4v) is 3.74. The molecular formula is C17H15FN2O5S. The van der Waals surface area contributed by atoms with Gasteiger partial charge in [-0.15, -0.1) is 0 Å². The van der Waals surface area contributed by atoms with E-state index < -0.39 is 27.7 Å². The highest BCUT2D eigenvalue weighted by Crippen LogP contribution is 2.27. The summed E-state index contributed by atoms with van der Waals surface area (Å²) in [6.07, 6.45) is -0.0868. The molecule has 1 amide bonds. The van der Waals surface area contributed by atoms with Gasteiger partial charge in [-0.1, -0.05) is 6.07 Å². The fraction of sp³-hybridized carbons (Fsp3) is 0.176. The molecular weight excluding hydrogens is 363 g/mol. The van der Waals surface area contributed by atoms with E-state index in [2.05, 4.69) is 4.72 Å². The van der Waals surface area contributed by atoms with Crippen molar-refractivity contribution in [1.82, 2.24) is 0 Å². The first-order valence-corrected chi connectivity index (χ1v) is 9.16. The minimum atomic E-state index is -3.92. The summed E-state index contributed by atoms with van der Waals surface area (Å²) in [7, 11) is -3.92. The van der Waals surface area contributed by atoms with E-state index in [0.717, 1.165) is 6.07 Å². The molecule has 1 aliphatic rings. The van der Waals surface area contributed by atoms with Crippen LogP contribution >= 0.6 is 0 Å². The summed E-state index contributed by atoms with van der Waals surface area (Å²) in [5, 5.41) is 9.01. The SMILES string of the molecule is O=C(O)[C@H]1CC(=O)N(c2ccc(S(=O)(=O)Nc3cccc(F)c3)cc2)C1. The van der Waals surface area contributed by atoms with Gasteiger partial charge < -0.3 is 10.0 Å². The number of aliphatic carboxylic acids is 1. The molecule has 0 unspecified atom stereocenters. The average Bonchev–Trinajstić information content (AvgIpc) is 2.97. The normalized spacial score (nSPS) is 17.3. The average molecular weight is 378 g/mol. The summed E-state index contributed by atoms with van der Waals surface area (Å²) >= 11 is 0. The van der Waals surface area contributed by atoms with Gasteiger partial charge >= 0.3 is 5.97 Å². The fourth-order valence-electron chi connectivity index (χ4n) is 2.69. The molecule has 1 aliphatic heterocycles. The molecule has 0 spiro atoms. The highest BCUT2D eigenvalue weighted by atomic mass is 32.2. The van der Waals surface area contributed by atoms with Crippen LogP contribution in [0.4, 0.5) is 15.8 Å². The maximum Gasteiger partial charge on any atom is 0.308 e. The van der Waals surface area contributed by atoms with Gasteiger partial charge in [0.05, 0.1) is 16.5 Å². The van der Waals surface area contributed by atoms with E-state index in [1.807, 2.05) is 0 Å². The quantitative estimate of drug-likeness (QED) is 0.829. The van der Waals surface area contributed by atoms with Crippen LogP contribution < -0.4 is 9.62 Å². The van der Waals surface area contributed by atoms with E-state index in [1.165, 1.54) is 47.4 Å². The number of hydrogen-bond acceptors (Lipinski definition) is 4. The molecule has 2 aromatic rings. The molecule has 0 aliphatic carbocycles. The lowest BCUT2D eigenvalue weighted by atomic mass is 10.1. The Morgan fingerprint density at radius 3 is 2.46 bits per heavy atom. The lowest BCUT2D eigenvalue weighted by molar-refractivity contribution is -0.141. The van der Waals surface area contributed by atoms with E-state index in [0.29, 0.717) is 5.69 Å². The van der Waals surface area contributed by atoms with Crippen LogP contribution in [0.2, 0.25) is 0 Å². The Labute approximate surface area is 149 Å². The lowest BCUT2D eigenvalue weighted by Crippen LogP contribution is -2.25. The molecule has 7 nitrogen and oxygen atoms in total. The zero-order valence-electron chi connectivity index (χ0n) is 13.4. The van der Waals surface area contributed by atoms with E-state index in [-0.39, 0.29) is 29.5 Å². The molecule has 1 atom stereocenters. The maximum absolute atomic E-state index is 13.2. The minimum Gasteiger partial charge on any atom is -0.481 e. The molecule has 1 saturated heterocycles. The molecule has 26 heavy (non-hydrogen) atoms. The summed E-state index contributed by atoms with van der Waals surface area (Å²) < 4.78 is 40.2. The van der Waals surface area contributed by atoms with Crippen molar-refractivity contribution in [2.75, 3.05) is 16.2 Å². The van der Waals surface area contributed by atoms with Crippen LogP contribution in [0.5, 0.6) is 0 Å². The summed E-state index contributed by atoms with van der Waals surface area (Å²) in [5.41, 5.74) is 0.511. The summed E-state index contributed by atoms with van der Waals surface area (Å²) in [6.45, 7) is 0.0435. The standard InChI is InChI=1S/C17H15FN2O5S/c18-12-2-1-3-13(9-12)19-26(24,25)15-6-4-14(5-7-15)20-10-11(17(22)23)8-16(20)21/h1-7,9,11,19H,8,10H2,(H,22,23)/t11-/m0/s1. The Balaban J connectivity index is 1.79. The number of benzene rings is 2. The summed E-state index contributed by atoms with van der Waals surface area (Å²) in [5.74, 6) is -2.72. The maximum atomic E-state index is 13.2. The number of halogens is 1. The third kappa shape index (κ3) is 3.67. The first-order valence-electron chi connectivity index (χ1n) is 7.68. The first-order chi connectivity index (χ1) is 12.3. The van der Waals surface area contributed by atoms with Crippen molar-refractivity contribution < 1.29 is 27.5 Å². The van der Waals surface area contributed by atoms with Gasteiger partial charge in [0.15, 0.2) is 0 Å². The van der Waals surface area contributed by atoms with E-state index in [1.54, 1.807) is 0 Å². The molecule has 0 bridgehead atoms. The van der Waals surface area contributed by atoms with Crippen molar-refractivity contribution in [2.24, 2.45) is 5.92 Å². The van der Waals surface area contributed by atoms with Crippen LogP contribution in [0.1, 0.15) is 6.42 Å². The van der Waals surface area contributed by atoms with Gasteiger partial charge in [0, 0.05) is 18.7 Å². The van der Waals surface area contributed by atoms with Gasteiger partial charge in [-0.05, 0) is 42.5 Å². The molecule has 2 N–H and O–H groups in total. The number of sulfonamides is 1. The number of anilines is 2. The monoisotopic (exact) mass is 378 g/mol. The van der Waals surface area contributed by atoms with Crippen molar-refractivity contribution in [3.05, 3.63) is 54.3 Å². The van der Waals surface area contributed by atoms with E-state index >= 15 is 0 Å². The van der Waals surface area contributed by atoms with Gasteiger partial charge in [0.2, 0.25) is 5.91 Å². The van der Waals surface area contributed by atoms with Crippen molar-refractivity contribution in [2.45, 2.75) is 11.3 Å². The Kier molecular flexibility index (Phi) is 4.64. The first kappa shape index (κ1) is 17.9. The number of carboxylic acids is 1. The lowest BCUT2D eigenvalue weighted by Gasteiger charge is -2.16. The number of rotatable bonds is 5. The van der Waals surface area contributed by atoms with Crippen LogP contribution in [-0.2, 0) is 19.6 Å². The summed E-state index contributed by atoms with van der Waals surface area (Å²) in [6, 6.07) is 10.5. The molecule has 1 fully saturated rings. The van der Waals surface area contributed by atoms with Crippen molar-refractivity contribution in [3.8, 4) is 0 Å². The van der Waals surface area contributed by atoms with Gasteiger partial charge in [0.1, 0.15) is 5.82 Å². The van der Waals surface area contributed by atoms with Crippen LogP contribution in [0.3, 0.4) is 0 Å². The predicted octanol–water partition coefficient (Wildman–Crippen LogP) is 2.06. The molecule has 2 aromatic carbocycles. The highest BCUT2D eigenvalue weighted by molar-refractivity contribution is 7.92. The Hall–Kier alpha value is -2.94. The summed E-state index contributed by atoms with van der Waals surface area (Å²) in [4.78, 5) is 24.2. The molecule has 0 saturated carbocycles. The minimum absolute atomic E-state index is 0.0435. The second-order valence-electron chi connectivity index (χ2n) is 5.85. The third-order valence-electron chi connectivity index (χ3n) is 4.01. The number of carbonyl (C=O) groups excluding carboxylic acids is 1. The van der Waals surface area contributed by atoms with E-state index in [9.17, 15) is 22.4 Å². The van der Waals surface area contributed by atoms with Crippen molar-refractivity contribution in [1.29, 1.82) is 0 Å². The molecule has 3 rings (SSSR count). The third-order valence-corrected chi connectivity index (χ3v) is 5.41. The van der Waals surface area contributed by atoms with Crippen LogP contribution in [0, 0.1) is 11.7 Å². The Bertz CT molecular complexity index is 959. The Morgan fingerprint density at radius 2 is 1.88 bits per heavy atom. The molecule has 9 heteroatoms. The smallest absolute Gasteiger partial charge is 0.308 e.